The van der Waals surface area contributed by atoms with Gasteiger partial charge in [-0.2, -0.15) is 0 Å². The molecule has 3 atom stereocenters. The van der Waals surface area contributed by atoms with E-state index in [0.29, 0.717) is 23.8 Å². The minimum absolute atomic E-state index is 0.117. The molecule has 3 N–H and O–H groups in total. The Morgan fingerprint density at radius 3 is 2.62 bits per heavy atom. The highest BCUT2D eigenvalue weighted by atomic mass is 16.4. The third kappa shape index (κ3) is 1.64. The van der Waals surface area contributed by atoms with Crippen LogP contribution in [0.3, 0.4) is 0 Å². The van der Waals surface area contributed by atoms with Crippen LogP contribution in [0, 0.1) is 17.3 Å². The Hall–Kier alpha value is -0.610. The first-order valence-corrected chi connectivity index (χ1v) is 6.03. The van der Waals surface area contributed by atoms with Crippen molar-refractivity contribution in [2.45, 2.75) is 39.2 Å². The Morgan fingerprint density at radius 1 is 1.38 bits per heavy atom. The molecule has 0 aromatic heterocycles. The molecule has 0 amide bonds. The maximum Gasteiger partial charge on any atom is 0.0771 e. The summed E-state index contributed by atoms with van der Waals surface area (Å²) in [5.74, 6) is 1.39. The number of nitrogens with one attached hydrogen (secondary N) is 1. The van der Waals surface area contributed by atoms with Crippen molar-refractivity contribution in [3.8, 4) is 0 Å². The smallest absolute Gasteiger partial charge is 0.0771 e. The van der Waals surface area contributed by atoms with Gasteiger partial charge in [-0.1, -0.05) is 19.0 Å². The largest absolute Gasteiger partial charge is 0.411 e. The molecule has 2 rings (SSSR count). The Kier molecular flexibility index (Phi) is 2.75. The number of aliphatic hydroxyl groups is 1. The topological polar surface area (TPSA) is 64.8 Å². The zero-order chi connectivity index (χ0) is 12.0. The molecule has 2 saturated carbocycles. The third-order valence-corrected chi connectivity index (χ3v) is 4.71. The number of β-amino-alcohol motifs (C(OH)–C–C–N with tert-alkyl or cyclic N) is 1. The van der Waals surface area contributed by atoms with Crippen molar-refractivity contribution in [2.24, 2.45) is 22.4 Å². The second-order valence-corrected chi connectivity index (χ2v) is 5.97. The van der Waals surface area contributed by atoms with Crippen LogP contribution in [0.25, 0.3) is 0 Å². The number of nitrogens with zero attached hydrogens (tertiary/aromatic N) is 1. The second-order valence-electron chi connectivity index (χ2n) is 5.97. The molecule has 0 aliphatic heterocycles. The van der Waals surface area contributed by atoms with E-state index in [0.717, 1.165) is 18.6 Å². The van der Waals surface area contributed by atoms with Crippen LogP contribution < -0.4 is 5.32 Å². The summed E-state index contributed by atoms with van der Waals surface area (Å²) in [7, 11) is 0. The predicted octanol–water partition coefficient (Wildman–Crippen LogP) is 1.22. The molecule has 0 heterocycles. The zero-order valence-corrected chi connectivity index (χ0v) is 10.3. The van der Waals surface area contributed by atoms with E-state index in [1.54, 1.807) is 0 Å². The van der Waals surface area contributed by atoms with Gasteiger partial charge in [0.05, 0.1) is 17.9 Å². The van der Waals surface area contributed by atoms with Crippen molar-refractivity contribution in [3.05, 3.63) is 0 Å². The molecule has 2 fully saturated rings. The van der Waals surface area contributed by atoms with Gasteiger partial charge in [0, 0.05) is 6.54 Å². The van der Waals surface area contributed by atoms with Crippen LogP contribution in [0.2, 0.25) is 0 Å². The molecule has 2 aliphatic carbocycles. The SMILES string of the molecule is CC1(C)[C@@H]2C[C@@](C)(NCCO)/C(=N\O)C[C@@H]21. The summed E-state index contributed by atoms with van der Waals surface area (Å²) >= 11 is 0. The molecule has 0 unspecified atom stereocenters. The average molecular weight is 226 g/mol. The lowest BCUT2D eigenvalue weighted by molar-refractivity contribution is 0.258. The summed E-state index contributed by atoms with van der Waals surface area (Å²) in [6.07, 6.45) is 1.88. The van der Waals surface area contributed by atoms with Crippen LogP contribution in [-0.2, 0) is 0 Å². The van der Waals surface area contributed by atoms with Gasteiger partial charge in [-0.15, -0.1) is 0 Å². The maximum atomic E-state index is 9.12. The minimum Gasteiger partial charge on any atom is -0.411 e. The van der Waals surface area contributed by atoms with Gasteiger partial charge in [-0.3, -0.25) is 0 Å². The van der Waals surface area contributed by atoms with Gasteiger partial charge >= 0.3 is 0 Å². The standard InChI is InChI=1S/C12H22N2O2/c1-11(2)8-6-10(14-16)12(3,7-9(8)11)13-4-5-15/h8-9,13,15-16H,4-7H2,1-3H3/b14-10-/t8-,9+,12+/m0/s1. The Balaban J connectivity index is 2.13. The fraction of sp³-hybridized carbons (Fsp3) is 0.917. The summed E-state index contributed by atoms with van der Waals surface area (Å²) in [6, 6.07) is 0. The summed E-state index contributed by atoms with van der Waals surface area (Å²) in [5, 5.41) is 24.8. The molecule has 0 spiro atoms. The highest BCUT2D eigenvalue weighted by Crippen LogP contribution is 2.65. The Labute approximate surface area is 96.7 Å². The highest BCUT2D eigenvalue weighted by Gasteiger charge is 2.63. The minimum atomic E-state index is -0.244. The monoisotopic (exact) mass is 226 g/mol. The van der Waals surface area contributed by atoms with Crippen molar-refractivity contribution >= 4 is 5.71 Å². The molecule has 0 aromatic rings. The Bertz CT molecular complexity index is 314. The van der Waals surface area contributed by atoms with E-state index >= 15 is 0 Å². The van der Waals surface area contributed by atoms with Crippen molar-refractivity contribution in [3.63, 3.8) is 0 Å². The lowest BCUT2D eigenvalue weighted by Gasteiger charge is -2.34. The lowest BCUT2D eigenvalue weighted by Crippen LogP contribution is -2.52. The third-order valence-electron chi connectivity index (χ3n) is 4.71. The van der Waals surface area contributed by atoms with Gasteiger partial charge in [-0.05, 0) is 37.0 Å². The quantitative estimate of drug-likeness (QED) is 0.501. The summed E-state index contributed by atoms with van der Waals surface area (Å²) in [5.41, 5.74) is 0.980. The fourth-order valence-corrected chi connectivity index (χ4v) is 3.32. The normalized spacial score (nSPS) is 43.1. The lowest BCUT2D eigenvalue weighted by atomic mass is 9.81. The van der Waals surface area contributed by atoms with Crippen molar-refractivity contribution in [2.75, 3.05) is 13.2 Å². The molecular weight excluding hydrogens is 204 g/mol. The van der Waals surface area contributed by atoms with E-state index in [-0.39, 0.29) is 12.1 Å². The average Bonchev–Trinajstić information content (AvgIpc) is 2.76. The van der Waals surface area contributed by atoms with Crippen LogP contribution in [-0.4, -0.2) is 34.7 Å². The van der Waals surface area contributed by atoms with Crippen LogP contribution in [0.4, 0.5) is 0 Å². The summed E-state index contributed by atoms with van der Waals surface area (Å²) in [6.45, 7) is 7.31. The van der Waals surface area contributed by atoms with Gasteiger partial charge in [0.15, 0.2) is 0 Å². The maximum absolute atomic E-state index is 9.12. The van der Waals surface area contributed by atoms with E-state index < -0.39 is 0 Å². The van der Waals surface area contributed by atoms with E-state index in [4.69, 9.17) is 10.3 Å². The van der Waals surface area contributed by atoms with Crippen LogP contribution >= 0.6 is 0 Å². The van der Waals surface area contributed by atoms with Crippen molar-refractivity contribution in [1.82, 2.24) is 5.32 Å². The first-order chi connectivity index (χ1) is 7.45. The van der Waals surface area contributed by atoms with Gasteiger partial charge in [0.25, 0.3) is 0 Å². The summed E-state index contributed by atoms with van der Waals surface area (Å²) in [4.78, 5) is 0. The van der Waals surface area contributed by atoms with E-state index in [9.17, 15) is 0 Å². The van der Waals surface area contributed by atoms with Crippen molar-refractivity contribution < 1.29 is 10.3 Å². The number of rotatable bonds is 3. The molecule has 0 radical (unpaired) electrons. The van der Waals surface area contributed by atoms with Gasteiger partial charge in [-0.25, -0.2) is 0 Å². The molecular formula is C12H22N2O2. The number of fused-ring (bicyclic) bond motifs is 1. The van der Waals surface area contributed by atoms with Crippen LogP contribution in [0.1, 0.15) is 33.6 Å². The molecule has 0 bridgehead atoms. The Morgan fingerprint density at radius 2 is 2.06 bits per heavy atom. The molecule has 0 saturated heterocycles. The second kappa shape index (κ2) is 3.70. The van der Waals surface area contributed by atoms with Crippen LogP contribution in [0.15, 0.2) is 5.16 Å². The van der Waals surface area contributed by atoms with Gasteiger partial charge in [0.1, 0.15) is 0 Å². The summed E-state index contributed by atoms with van der Waals surface area (Å²) < 4.78 is 0. The first kappa shape index (κ1) is 11.9. The van der Waals surface area contributed by atoms with Gasteiger partial charge in [0.2, 0.25) is 0 Å². The number of hydrogen-bond acceptors (Lipinski definition) is 4. The fourth-order valence-electron chi connectivity index (χ4n) is 3.32. The molecule has 4 nitrogen and oxygen atoms in total. The van der Waals surface area contributed by atoms with E-state index in [2.05, 4.69) is 31.2 Å². The number of oxime groups is 1. The number of hydrogen-bond donors (Lipinski definition) is 3. The molecule has 2 aliphatic rings. The molecule has 0 aromatic carbocycles. The molecule has 16 heavy (non-hydrogen) atoms. The van der Waals surface area contributed by atoms with Crippen LogP contribution in [0.5, 0.6) is 0 Å². The number of aliphatic hydroxyl groups excluding tert-OH is 1. The first-order valence-electron chi connectivity index (χ1n) is 6.03. The molecule has 92 valence electrons. The van der Waals surface area contributed by atoms with E-state index in [1.807, 2.05) is 0 Å². The van der Waals surface area contributed by atoms with Gasteiger partial charge < -0.3 is 15.6 Å². The zero-order valence-electron chi connectivity index (χ0n) is 10.3. The van der Waals surface area contributed by atoms with E-state index in [1.165, 1.54) is 0 Å². The van der Waals surface area contributed by atoms with Crippen molar-refractivity contribution in [1.29, 1.82) is 0 Å². The predicted molar refractivity (Wildman–Crippen MR) is 62.7 cm³/mol. The molecule has 4 heteroatoms. The highest BCUT2D eigenvalue weighted by molar-refractivity contribution is 5.94.